The van der Waals surface area contributed by atoms with Crippen molar-refractivity contribution >= 4 is 11.9 Å². The summed E-state index contributed by atoms with van der Waals surface area (Å²) in [5.41, 5.74) is 7.21. The van der Waals surface area contributed by atoms with Crippen LogP contribution in [0.25, 0.3) is 0 Å². The number of nitrogens with zero attached hydrogens (tertiary/aromatic N) is 3. The normalized spacial score (nSPS) is 10.9. The van der Waals surface area contributed by atoms with E-state index in [1.165, 1.54) is 5.56 Å². The molecule has 2 aromatic rings. The van der Waals surface area contributed by atoms with Crippen LogP contribution in [0.15, 0.2) is 30.3 Å². The maximum Gasteiger partial charge on any atom is 0.243 e. The Labute approximate surface area is 120 Å². The molecule has 2 rings (SSSR count). The number of nitrogens with two attached hydrogens (primary N) is 1. The molecule has 0 unspecified atom stereocenters. The van der Waals surface area contributed by atoms with Gasteiger partial charge in [0.2, 0.25) is 11.9 Å². The predicted octanol–water partition coefficient (Wildman–Crippen LogP) is 2.56. The Morgan fingerprint density at radius 3 is 2.70 bits per heavy atom. The Bertz CT molecular complexity index is 518. The molecular weight excluding hydrogens is 250 g/mol. The van der Waals surface area contributed by atoms with Crippen LogP contribution in [0, 0.1) is 5.92 Å². The zero-order chi connectivity index (χ0) is 14.4. The highest BCUT2D eigenvalue weighted by molar-refractivity contribution is 5.31. The molecule has 0 saturated heterocycles. The first-order chi connectivity index (χ1) is 9.65. The van der Waals surface area contributed by atoms with Crippen molar-refractivity contribution in [3.05, 3.63) is 35.9 Å². The van der Waals surface area contributed by atoms with Crippen molar-refractivity contribution in [1.29, 1.82) is 0 Å². The molecule has 0 radical (unpaired) electrons. The molecule has 0 saturated carbocycles. The van der Waals surface area contributed by atoms with E-state index in [-0.39, 0.29) is 0 Å². The van der Waals surface area contributed by atoms with Gasteiger partial charge in [-0.2, -0.15) is 4.98 Å². The maximum absolute atomic E-state index is 5.88. The number of anilines is 2. The summed E-state index contributed by atoms with van der Waals surface area (Å²) in [5, 5.41) is 7.57. The van der Waals surface area contributed by atoms with E-state index in [0.717, 1.165) is 25.9 Å². The van der Waals surface area contributed by atoms with E-state index in [9.17, 15) is 0 Å². The Morgan fingerprint density at radius 2 is 2.00 bits per heavy atom. The number of hydrogen-bond donors (Lipinski definition) is 2. The zero-order valence-electron chi connectivity index (χ0n) is 12.2. The fourth-order valence-corrected chi connectivity index (χ4v) is 1.97. The highest BCUT2D eigenvalue weighted by Gasteiger charge is 2.06. The number of aryl methyl sites for hydroxylation is 2. The molecule has 1 heterocycles. The smallest absolute Gasteiger partial charge is 0.243 e. The average Bonchev–Trinajstić information content (AvgIpc) is 2.78. The van der Waals surface area contributed by atoms with E-state index in [2.05, 4.69) is 53.5 Å². The summed E-state index contributed by atoms with van der Waals surface area (Å²) in [5.74, 6) is 1.65. The lowest BCUT2D eigenvalue weighted by Crippen LogP contribution is -2.10. The molecule has 1 aromatic carbocycles. The number of rotatable bonds is 7. The second kappa shape index (κ2) is 6.93. The van der Waals surface area contributed by atoms with Crippen molar-refractivity contribution in [3.63, 3.8) is 0 Å². The van der Waals surface area contributed by atoms with Gasteiger partial charge in [-0.25, -0.2) is 4.68 Å². The van der Waals surface area contributed by atoms with Crippen LogP contribution in [0.1, 0.15) is 25.8 Å². The predicted molar refractivity (Wildman–Crippen MR) is 82.5 cm³/mol. The van der Waals surface area contributed by atoms with E-state index in [4.69, 9.17) is 5.73 Å². The molecule has 0 atom stereocenters. The van der Waals surface area contributed by atoms with Crippen LogP contribution in [-0.2, 0) is 13.0 Å². The summed E-state index contributed by atoms with van der Waals surface area (Å²) in [7, 11) is 0. The lowest BCUT2D eigenvalue weighted by atomic mass is 10.1. The summed E-state index contributed by atoms with van der Waals surface area (Å²) in [6, 6.07) is 10.4. The van der Waals surface area contributed by atoms with Crippen LogP contribution in [0.4, 0.5) is 11.9 Å². The molecule has 1 aromatic heterocycles. The minimum Gasteiger partial charge on any atom is -0.368 e. The second-order valence-electron chi connectivity index (χ2n) is 5.38. The Kier molecular flexibility index (Phi) is 4.98. The van der Waals surface area contributed by atoms with Crippen molar-refractivity contribution in [2.24, 2.45) is 5.92 Å². The minimum absolute atomic E-state index is 0.476. The summed E-state index contributed by atoms with van der Waals surface area (Å²) in [6.45, 7) is 5.94. The van der Waals surface area contributed by atoms with E-state index < -0.39 is 0 Å². The third-order valence-electron chi connectivity index (χ3n) is 3.05. The van der Waals surface area contributed by atoms with E-state index in [1.54, 1.807) is 4.68 Å². The third-order valence-corrected chi connectivity index (χ3v) is 3.05. The molecule has 0 aliphatic heterocycles. The Hall–Kier alpha value is -2.04. The minimum atomic E-state index is 0.476. The van der Waals surface area contributed by atoms with Crippen molar-refractivity contribution in [2.75, 3.05) is 17.6 Å². The molecule has 3 N–H and O–H groups in total. The molecule has 0 bridgehead atoms. The van der Waals surface area contributed by atoms with Crippen LogP contribution < -0.4 is 11.1 Å². The Morgan fingerprint density at radius 1 is 1.25 bits per heavy atom. The van der Waals surface area contributed by atoms with Crippen LogP contribution in [-0.4, -0.2) is 21.3 Å². The monoisotopic (exact) mass is 273 g/mol. The first-order valence-corrected chi connectivity index (χ1v) is 7.13. The van der Waals surface area contributed by atoms with Crippen LogP contribution in [0.3, 0.4) is 0 Å². The van der Waals surface area contributed by atoms with Gasteiger partial charge >= 0.3 is 0 Å². The van der Waals surface area contributed by atoms with Crippen LogP contribution >= 0.6 is 0 Å². The number of hydrogen-bond acceptors (Lipinski definition) is 4. The molecule has 108 valence electrons. The van der Waals surface area contributed by atoms with Crippen LogP contribution in [0.5, 0.6) is 0 Å². The summed E-state index contributed by atoms with van der Waals surface area (Å²) in [4.78, 5) is 4.23. The van der Waals surface area contributed by atoms with E-state index >= 15 is 0 Å². The number of nitrogens with one attached hydrogen (secondary N) is 1. The number of aromatic nitrogens is 3. The zero-order valence-corrected chi connectivity index (χ0v) is 12.2. The SMILES string of the molecule is CC(C)CNc1nc(N)n(CCCc2ccccc2)n1. The van der Waals surface area contributed by atoms with E-state index in [1.807, 2.05) is 6.07 Å². The van der Waals surface area contributed by atoms with Crippen LogP contribution in [0.2, 0.25) is 0 Å². The van der Waals surface area contributed by atoms with Crippen molar-refractivity contribution in [2.45, 2.75) is 33.2 Å². The standard InChI is InChI=1S/C15H23N5/c1-12(2)11-17-15-18-14(16)20(19-15)10-6-9-13-7-4-3-5-8-13/h3-5,7-8,12H,6,9-11H2,1-2H3,(H3,16,17,18,19). The highest BCUT2D eigenvalue weighted by Crippen LogP contribution is 2.09. The maximum atomic E-state index is 5.88. The van der Waals surface area contributed by atoms with Gasteiger partial charge in [0.05, 0.1) is 0 Å². The van der Waals surface area contributed by atoms with Gasteiger partial charge in [-0.3, -0.25) is 0 Å². The van der Waals surface area contributed by atoms with Gasteiger partial charge in [0.1, 0.15) is 0 Å². The van der Waals surface area contributed by atoms with Crippen molar-refractivity contribution in [1.82, 2.24) is 14.8 Å². The molecule has 20 heavy (non-hydrogen) atoms. The first-order valence-electron chi connectivity index (χ1n) is 7.13. The summed E-state index contributed by atoms with van der Waals surface area (Å²) >= 11 is 0. The molecule has 0 fully saturated rings. The Balaban J connectivity index is 1.83. The van der Waals surface area contributed by atoms with Gasteiger partial charge in [0.25, 0.3) is 0 Å². The highest BCUT2D eigenvalue weighted by atomic mass is 15.4. The lowest BCUT2D eigenvalue weighted by molar-refractivity contribution is 0.585. The molecule has 0 spiro atoms. The summed E-state index contributed by atoms with van der Waals surface area (Å²) in [6.07, 6.45) is 2.02. The van der Waals surface area contributed by atoms with Gasteiger partial charge in [-0.15, -0.1) is 5.10 Å². The second-order valence-corrected chi connectivity index (χ2v) is 5.38. The van der Waals surface area contributed by atoms with E-state index in [0.29, 0.717) is 17.8 Å². The topological polar surface area (TPSA) is 68.8 Å². The van der Waals surface area contributed by atoms with Gasteiger partial charge in [-0.1, -0.05) is 44.2 Å². The first kappa shape index (κ1) is 14.4. The number of benzene rings is 1. The van der Waals surface area contributed by atoms with Crippen molar-refractivity contribution < 1.29 is 0 Å². The molecule has 5 heteroatoms. The van der Waals surface area contributed by atoms with Crippen molar-refractivity contribution in [3.8, 4) is 0 Å². The van der Waals surface area contributed by atoms with Gasteiger partial charge in [0, 0.05) is 13.1 Å². The van der Waals surface area contributed by atoms with Gasteiger partial charge < -0.3 is 11.1 Å². The molecule has 0 aliphatic rings. The lowest BCUT2D eigenvalue weighted by Gasteiger charge is -2.04. The average molecular weight is 273 g/mol. The fourth-order valence-electron chi connectivity index (χ4n) is 1.97. The summed E-state index contributed by atoms with van der Waals surface area (Å²) < 4.78 is 1.77. The third kappa shape index (κ3) is 4.26. The van der Waals surface area contributed by atoms with Gasteiger partial charge in [-0.05, 0) is 24.3 Å². The fraction of sp³-hybridized carbons (Fsp3) is 0.467. The molecule has 0 aliphatic carbocycles. The number of nitrogen functional groups attached to an aromatic ring is 1. The quantitative estimate of drug-likeness (QED) is 0.813. The molecule has 5 nitrogen and oxygen atoms in total. The molecular formula is C15H23N5. The largest absolute Gasteiger partial charge is 0.368 e. The van der Waals surface area contributed by atoms with Gasteiger partial charge in [0.15, 0.2) is 0 Å². The molecule has 0 amide bonds.